The van der Waals surface area contributed by atoms with Crippen LogP contribution in [0.15, 0.2) is 42.5 Å². The first-order valence-electron chi connectivity index (χ1n) is 8.15. The summed E-state index contributed by atoms with van der Waals surface area (Å²) in [6.07, 6.45) is 0. The first kappa shape index (κ1) is 17.4. The molecule has 25 heavy (non-hydrogen) atoms. The van der Waals surface area contributed by atoms with Crippen LogP contribution in [0.2, 0.25) is 0 Å². The third-order valence-corrected chi connectivity index (χ3v) is 4.92. The zero-order chi connectivity index (χ0) is 17.8. The maximum Gasteiger partial charge on any atom is 0.279 e. The van der Waals surface area contributed by atoms with Gasteiger partial charge in [-0.3, -0.25) is 4.79 Å². The summed E-state index contributed by atoms with van der Waals surface area (Å²) in [6, 6.07) is 13.8. The van der Waals surface area contributed by atoms with Crippen LogP contribution in [0.25, 0.3) is 10.2 Å². The van der Waals surface area contributed by atoms with Crippen LogP contribution in [0.1, 0.15) is 10.6 Å². The van der Waals surface area contributed by atoms with Crippen LogP contribution in [0.5, 0.6) is 5.75 Å². The van der Waals surface area contributed by atoms with Gasteiger partial charge in [0, 0.05) is 0 Å². The van der Waals surface area contributed by atoms with E-state index in [9.17, 15) is 4.79 Å². The Morgan fingerprint density at radius 3 is 2.84 bits per heavy atom. The van der Waals surface area contributed by atoms with Gasteiger partial charge in [0.1, 0.15) is 17.3 Å². The predicted octanol–water partition coefficient (Wildman–Crippen LogP) is 2.27. The minimum atomic E-state index is -0.0393. The average molecular weight is 356 g/mol. The number of thiazole rings is 1. The molecule has 130 valence electrons. The van der Waals surface area contributed by atoms with Crippen LogP contribution in [0.3, 0.4) is 0 Å². The van der Waals surface area contributed by atoms with E-state index in [1.54, 1.807) is 18.4 Å². The lowest BCUT2D eigenvalue weighted by Gasteiger charge is -2.14. The molecule has 0 bridgehead atoms. The average Bonchev–Trinajstić information content (AvgIpc) is 2.96. The Labute approximate surface area is 151 Å². The SMILES string of the molecule is COc1ccc(C)cc1NC(=O)C[NH+](C)Cc1nc2ccccc2s1. The van der Waals surface area contributed by atoms with Gasteiger partial charge in [0.2, 0.25) is 0 Å². The number of nitrogens with zero attached hydrogens (tertiary/aromatic N) is 1. The highest BCUT2D eigenvalue weighted by molar-refractivity contribution is 7.18. The van der Waals surface area contributed by atoms with Gasteiger partial charge < -0.3 is 15.0 Å². The molecule has 1 heterocycles. The van der Waals surface area contributed by atoms with Gasteiger partial charge in [-0.05, 0) is 36.8 Å². The van der Waals surface area contributed by atoms with E-state index in [-0.39, 0.29) is 5.91 Å². The second-order valence-corrected chi connectivity index (χ2v) is 7.25. The minimum Gasteiger partial charge on any atom is -0.495 e. The fourth-order valence-corrected chi connectivity index (χ4v) is 3.79. The number of fused-ring (bicyclic) bond motifs is 1. The number of benzene rings is 2. The molecule has 5 nitrogen and oxygen atoms in total. The Morgan fingerprint density at radius 2 is 2.08 bits per heavy atom. The molecular weight excluding hydrogens is 334 g/mol. The van der Waals surface area contributed by atoms with Gasteiger partial charge in [-0.2, -0.15) is 0 Å². The molecule has 0 saturated heterocycles. The maximum absolute atomic E-state index is 12.4. The highest BCUT2D eigenvalue weighted by Crippen LogP contribution is 2.25. The molecule has 0 saturated carbocycles. The van der Waals surface area contributed by atoms with Crippen LogP contribution in [-0.4, -0.2) is 31.6 Å². The summed E-state index contributed by atoms with van der Waals surface area (Å²) in [4.78, 5) is 18.1. The van der Waals surface area contributed by atoms with Crippen molar-refractivity contribution in [1.82, 2.24) is 4.98 Å². The van der Waals surface area contributed by atoms with Crippen molar-refractivity contribution in [2.24, 2.45) is 0 Å². The number of amides is 1. The van der Waals surface area contributed by atoms with Crippen LogP contribution < -0.4 is 15.0 Å². The van der Waals surface area contributed by atoms with Crippen LogP contribution in [0, 0.1) is 6.92 Å². The number of methoxy groups -OCH3 is 1. The number of aromatic nitrogens is 1. The van der Waals surface area contributed by atoms with Gasteiger partial charge in [-0.25, -0.2) is 4.98 Å². The normalized spacial score (nSPS) is 12.1. The van der Waals surface area contributed by atoms with Crippen molar-refractivity contribution in [2.75, 3.05) is 26.0 Å². The molecule has 1 amide bonds. The maximum atomic E-state index is 12.4. The van der Waals surface area contributed by atoms with Crippen LogP contribution >= 0.6 is 11.3 Å². The van der Waals surface area contributed by atoms with Crippen molar-refractivity contribution in [3.05, 3.63) is 53.0 Å². The number of ether oxygens (including phenoxy) is 1. The molecule has 0 aliphatic heterocycles. The molecule has 0 spiro atoms. The van der Waals surface area contributed by atoms with Gasteiger partial charge >= 0.3 is 0 Å². The molecule has 1 atom stereocenters. The zero-order valence-corrected chi connectivity index (χ0v) is 15.4. The highest BCUT2D eigenvalue weighted by Gasteiger charge is 2.15. The minimum absolute atomic E-state index is 0.0393. The summed E-state index contributed by atoms with van der Waals surface area (Å²) < 4.78 is 6.49. The Morgan fingerprint density at radius 1 is 1.28 bits per heavy atom. The number of carbonyl (C=O) groups is 1. The van der Waals surface area contributed by atoms with Gasteiger partial charge in [0.25, 0.3) is 5.91 Å². The topological polar surface area (TPSA) is 55.7 Å². The number of aryl methyl sites for hydroxylation is 1. The number of hydrogen-bond acceptors (Lipinski definition) is 4. The van der Waals surface area contributed by atoms with Crippen molar-refractivity contribution < 1.29 is 14.4 Å². The van der Waals surface area contributed by atoms with Gasteiger partial charge in [0.05, 0.1) is 30.1 Å². The van der Waals surface area contributed by atoms with Crippen molar-refractivity contribution in [2.45, 2.75) is 13.5 Å². The quantitative estimate of drug-likeness (QED) is 0.712. The molecule has 3 rings (SSSR count). The van der Waals surface area contributed by atoms with E-state index in [1.165, 1.54) is 4.70 Å². The predicted molar refractivity (Wildman–Crippen MR) is 101 cm³/mol. The fourth-order valence-electron chi connectivity index (χ4n) is 2.70. The summed E-state index contributed by atoms with van der Waals surface area (Å²) in [6.45, 7) is 3.07. The largest absolute Gasteiger partial charge is 0.495 e. The molecule has 0 radical (unpaired) electrons. The van der Waals surface area contributed by atoms with Gasteiger partial charge in [-0.1, -0.05) is 18.2 Å². The summed E-state index contributed by atoms with van der Waals surface area (Å²) in [5, 5.41) is 3.99. The standard InChI is InChI=1S/C19H21N3O2S/c1-13-8-9-16(24-3)15(10-13)20-18(23)11-22(2)12-19-21-14-6-4-5-7-17(14)25-19/h4-10H,11-12H2,1-3H3,(H,20,23)/p+1. The summed E-state index contributed by atoms with van der Waals surface area (Å²) in [5.41, 5.74) is 2.80. The summed E-state index contributed by atoms with van der Waals surface area (Å²) in [5.74, 6) is 0.630. The number of anilines is 1. The summed E-state index contributed by atoms with van der Waals surface area (Å²) >= 11 is 1.68. The first-order valence-corrected chi connectivity index (χ1v) is 8.97. The fraction of sp³-hybridized carbons (Fsp3) is 0.263. The van der Waals surface area contributed by atoms with E-state index >= 15 is 0 Å². The molecule has 0 fully saturated rings. The first-order chi connectivity index (χ1) is 12.0. The number of likely N-dealkylation sites (N-methyl/N-ethyl adjacent to an activating group) is 1. The number of hydrogen-bond donors (Lipinski definition) is 2. The van der Waals surface area contributed by atoms with Crippen LogP contribution in [-0.2, 0) is 11.3 Å². The molecule has 1 aromatic heterocycles. The number of rotatable bonds is 6. The second-order valence-electron chi connectivity index (χ2n) is 6.14. The Kier molecular flexibility index (Phi) is 5.31. The molecule has 1 unspecified atom stereocenters. The molecular formula is C19H22N3O2S+. The number of carbonyl (C=O) groups excluding carboxylic acids is 1. The van der Waals surface area contributed by atoms with Gasteiger partial charge in [0.15, 0.2) is 6.54 Å². The van der Waals surface area contributed by atoms with Crippen molar-refractivity contribution in [3.63, 3.8) is 0 Å². The Hall–Kier alpha value is -2.44. The molecule has 0 aliphatic carbocycles. The third kappa shape index (κ3) is 4.35. The van der Waals surface area contributed by atoms with Crippen molar-refractivity contribution in [1.29, 1.82) is 0 Å². The smallest absolute Gasteiger partial charge is 0.279 e. The summed E-state index contributed by atoms with van der Waals surface area (Å²) in [7, 11) is 3.60. The molecule has 2 aromatic carbocycles. The lowest BCUT2D eigenvalue weighted by molar-refractivity contribution is -0.885. The Balaban J connectivity index is 1.61. The molecule has 6 heteroatoms. The van der Waals surface area contributed by atoms with Crippen LogP contribution in [0.4, 0.5) is 5.69 Å². The van der Waals surface area contributed by atoms with E-state index in [0.717, 1.165) is 27.5 Å². The van der Waals surface area contributed by atoms with Gasteiger partial charge in [-0.15, -0.1) is 11.3 Å². The zero-order valence-electron chi connectivity index (χ0n) is 14.6. The lowest BCUT2D eigenvalue weighted by Crippen LogP contribution is -3.08. The van der Waals surface area contributed by atoms with E-state index in [2.05, 4.69) is 16.4 Å². The molecule has 0 aliphatic rings. The van der Waals surface area contributed by atoms with E-state index in [0.29, 0.717) is 18.0 Å². The molecule has 2 N–H and O–H groups in total. The number of nitrogens with one attached hydrogen (secondary N) is 2. The third-order valence-electron chi connectivity index (χ3n) is 3.88. The molecule has 3 aromatic rings. The number of para-hydroxylation sites is 1. The van der Waals surface area contributed by atoms with Crippen molar-refractivity contribution in [3.8, 4) is 5.75 Å². The second kappa shape index (κ2) is 7.63. The monoisotopic (exact) mass is 356 g/mol. The highest BCUT2D eigenvalue weighted by atomic mass is 32.1. The Bertz CT molecular complexity index is 858. The van der Waals surface area contributed by atoms with E-state index < -0.39 is 0 Å². The van der Waals surface area contributed by atoms with Crippen molar-refractivity contribution >= 4 is 33.1 Å². The van der Waals surface area contributed by atoms with E-state index in [1.807, 2.05) is 50.4 Å². The number of quaternary nitrogens is 1. The van der Waals surface area contributed by atoms with E-state index in [4.69, 9.17) is 4.74 Å². The lowest BCUT2D eigenvalue weighted by atomic mass is 10.2.